The van der Waals surface area contributed by atoms with Crippen molar-refractivity contribution in [2.24, 2.45) is 17.3 Å². The molecule has 1 rings (SSSR count). The average molecular weight is 199 g/mol. The predicted molar refractivity (Wildman–Crippen MR) is 55.9 cm³/mol. The molecule has 0 amide bonds. The van der Waals surface area contributed by atoms with Gasteiger partial charge in [0.2, 0.25) is 0 Å². The van der Waals surface area contributed by atoms with Gasteiger partial charge in [-0.3, -0.25) is 4.79 Å². The highest BCUT2D eigenvalue weighted by Gasteiger charge is 2.33. The minimum atomic E-state index is -0.0774. The fraction of sp³-hybridized carbons (Fsp3) is 0.909. The number of methoxy groups -OCH3 is 1. The fourth-order valence-corrected chi connectivity index (χ4v) is 1.95. The molecule has 3 nitrogen and oxygen atoms in total. The van der Waals surface area contributed by atoms with Gasteiger partial charge < -0.3 is 10.1 Å². The van der Waals surface area contributed by atoms with Crippen LogP contribution in [0.25, 0.3) is 0 Å². The van der Waals surface area contributed by atoms with Gasteiger partial charge >= 0.3 is 5.97 Å². The fourth-order valence-electron chi connectivity index (χ4n) is 1.95. The number of hydrogen-bond donors (Lipinski definition) is 1. The quantitative estimate of drug-likeness (QED) is 0.649. The van der Waals surface area contributed by atoms with Crippen molar-refractivity contribution in [1.82, 2.24) is 5.32 Å². The Morgan fingerprint density at radius 3 is 2.50 bits per heavy atom. The maximum atomic E-state index is 11.4. The van der Waals surface area contributed by atoms with Gasteiger partial charge in [0.05, 0.1) is 13.0 Å². The molecule has 0 bridgehead atoms. The summed E-state index contributed by atoms with van der Waals surface area (Å²) in [5.74, 6) is 0.518. The first-order valence-corrected chi connectivity index (χ1v) is 5.23. The molecule has 1 N–H and O–H groups in total. The van der Waals surface area contributed by atoms with E-state index in [0.29, 0.717) is 5.92 Å². The van der Waals surface area contributed by atoms with Gasteiger partial charge in [0.25, 0.3) is 0 Å². The zero-order valence-electron chi connectivity index (χ0n) is 9.59. The molecule has 14 heavy (non-hydrogen) atoms. The van der Waals surface area contributed by atoms with Gasteiger partial charge in [-0.05, 0) is 24.3 Å². The summed E-state index contributed by atoms with van der Waals surface area (Å²) in [6, 6.07) is 0. The molecule has 0 aromatic rings. The van der Waals surface area contributed by atoms with E-state index in [1.54, 1.807) is 0 Å². The van der Waals surface area contributed by atoms with E-state index in [2.05, 4.69) is 26.1 Å². The smallest absolute Gasteiger partial charge is 0.309 e. The van der Waals surface area contributed by atoms with Crippen molar-refractivity contribution in [2.75, 3.05) is 20.2 Å². The second-order valence-corrected chi connectivity index (χ2v) is 5.18. The zero-order chi connectivity index (χ0) is 10.8. The first-order valence-electron chi connectivity index (χ1n) is 5.23. The second-order valence-electron chi connectivity index (χ2n) is 5.18. The van der Waals surface area contributed by atoms with E-state index < -0.39 is 0 Å². The highest BCUT2D eigenvalue weighted by Crippen LogP contribution is 2.33. The van der Waals surface area contributed by atoms with Crippen LogP contribution in [-0.4, -0.2) is 26.2 Å². The third-order valence-corrected chi connectivity index (χ3v) is 3.11. The Labute approximate surface area is 86.2 Å². The summed E-state index contributed by atoms with van der Waals surface area (Å²) < 4.78 is 4.77. The molecule has 0 aliphatic carbocycles. The molecule has 1 aliphatic rings. The van der Waals surface area contributed by atoms with Crippen molar-refractivity contribution in [1.29, 1.82) is 0 Å². The lowest BCUT2D eigenvalue weighted by Crippen LogP contribution is -2.44. The number of nitrogens with one attached hydrogen (secondary N) is 1. The standard InChI is InChI=1S/C11H21NO2/c1-11(2,3)9-5-8(6-12-7-9)10(13)14-4/h8-9,12H,5-7H2,1-4H3/t8-,9?/m1/s1. The number of carbonyl (C=O) groups is 1. The number of rotatable bonds is 1. The predicted octanol–water partition coefficient (Wildman–Crippen LogP) is 1.43. The van der Waals surface area contributed by atoms with Gasteiger partial charge in [0, 0.05) is 6.54 Å². The van der Waals surface area contributed by atoms with Gasteiger partial charge in [-0.15, -0.1) is 0 Å². The lowest BCUT2D eigenvalue weighted by molar-refractivity contribution is -0.147. The van der Waals surface area contributed by atoms with Crippen molar-refractivity contribution in [3.63, 3.8) is 0 Å². The van der Waals surface area contributed by atoms with E-state index in [1.807, 2.05) is 0 Å². The molecule has 1 unspecified atom stereocenters. The molecule has 0 saturated carbocycles. The van der Waals surface area contributed by atoms with Crippen LogP contribution in [0.2, 0.25) is 0 Å². The van der Waals surface area contributed by atoms with Crippen LogP contribution in [0.4, 0.5) is 0 Å². The van der Waals surface area contributed by atoms with E-state index in [-0.39, 0.29) is 17.3 Å². The van der Waals surface area contributed by atoms with Crippen LogP contribution in [0, 0.1) is 17.3 Å². The maximum Gasteiger partial charge on any atom is 0.309 e. The molecule has 1 heterocycles. The lowest BCUT2D eigenvalue weighted by Gasteiger charge is -2.37. The summed E-state index contributed by atoms with van der Waals surface area (Å²) in [6.45, 7) is 8.44. The number of carbonyl (C=O) groups excluding carboxylic acids is 1. The Hall–Kier alpha value is -0.570. The molecular weight excluding hydrogens is 178 g/mol. The summed E-state index contributed by atoms with van der Waals surface area (Å²) in [5.41, 5.74) is 0.264. The van der Waals surface area contributed by atoms with Gasteiger partial charge in [0.15, 0.2) is 0 Å². The molecular formula is C11H21NO2. The number of piperidine rings is 1. The Bertz CT molecular complexity index is 208. The van der Waals surface area contributed by atoms with E-state index in [9.17, 15) is 4.79 Å². The molecule has 0 aromatic carbocycles. The lowest BCUT2D eigenvalue weighted by atomic mass is 9.74. The molecule has 0 spiro atoms. The van der Waals surface area contributed by atoms with Gasteiger partial charge in [-0.25, -0.2) is 0 Å². The normalized spacial score (nSPS) is 28.6. The van der Waals surface area contributed by atoms with Crippen molar-refractivity contribution < 1.29 is 9.53 Å². The number of hydrogen-bond acceptors (Lipinski definition) is 3. The largest absolute Gasteiger partial charge is 0.469 e. The summed E-state index contributed by atoms with van der Waals surface area (Å²) in [6.07, 6.45) is 0.948. The zero-order valence-corrected chi connectivity index (χ0v) is 9.59. The van der Waals surface area contributed by atoms with Crippen molar-refractivity contribution in [3.05, 3.63) is 0 Å². The van der Waals surface area contributed by atoms with E-state index in [4.69, 9.17) is 4.74 Å². The molecule has 1 saturated heterocycles. The molecule has 0 radical (unpaired) electrons. The van der Waals surface area contributed by atoms with Crippen LogP contribution < -0.4 is 5.32 Å². The van der Waals surface area contributed by atoms with Crippen LogP contribution in [0.3, 0.4) is 0 Å². The SMILES string of the molecule is COC(=O)[C@H]1CNCC(C(C)(C)C)C1. The minimum Gasteiger partial charge on any atom is -0.469 e. The first kappa shape index (κ1) is 11.5. The minimum absolute atomic E-state index is 0.0398. The average Bonchev–Trinajstić information content (AvgIpc) is 2.15. The summed E-state index contributed by atoms with van der Waals surface area (Å²) >= 11 is 0. The van der Waals surface area contributed by atoms with Crippen molar-refractivity contribution in [2.45, 2.75) is 27.2 Å². The van der Waals surface area contributed by atoms with Gasteiger partial charge in [0.1, 0.15) is 0 Å². The molecule has 0 aromatic heterocycles. The first-order chi connectivity index (χ1) is 6.45. The van der Waals surface area contributed by atoms with Crippen molar-refractivity contribution in [3.8, 4) is 0 Å². The summed E-state index contributed by atoms with van der Waals surface area (Å²) in [5, 5.41) is 3.31. The van der Waals surface area contributed by atoms with Crippen LogP contribution in [0.1, 0.15) is 27.2 Å². The molecule has 2 atom stereocenters. The van der Waals surface area contributed by atoms with Gasteiger partial charge in [-0.1, -0.05) is 20.8 Å². The highest BCUT2D eigenvalue weighted by molar-refractivity contribution is 5.72. The molecule has 82 valence electrons. The van der Waals surface area contributed by atoms with Crippen LogP contribution in [0.5, 0.6) is 0 Å². The Morgan fingerprint density at radius 2 is 2.00 bits per heavy atom. The Kier molecular flexibility index (Phi) is 3.53. The van der Waals surface area contributed by atoms with E-state index >= 15 is 0 Å². The Morgan fingerprint density at radius 1 is 1.36 bits per heavy atom. The van der Waals surface area contributed by atoms with Gasteiger partial charge in [-0.2, -0.15) is 0 Å². The number of ether oxygens (including phenoxy) is 1. The van der Waals surface area contributed by atoms with Crippen molar-refractivity contribution >= 4 is 5.97 Å². The molecule has 3 heteroatoms. The molecule has 1 aliphatic heterocycles. The monoisotopic (exact) mass is 199 g/mol. The topological polar surface area (TPSA) is 38.3 Å². The second kappa shape index (κ2) is 4.30. The third-order valence-electron chi connectivity index (χ3n) is 3.11. The van der Waals surface area contributed by atoms with E-state index in [1.165, 1.54) is 7.11 Å². The Balaban J connectivity index is 2.56. The summed E-state index contributed by atoms with van der Waals surface area (Å²) in [4.78, 5) is 11.4. The van der Waals surface area contributed by atoms with E-state index in [0.717, 1.165) is 19.5 Å². The van der Waals surface area contributed by atoms with Crippen LogP contribution >= 0.6 is 0 Å². The van der Waals surface area contributed by atoms with Crippen LogP contribution in [-0.2, 0) is 9.53 Å². The summed E-state index contributed by atoms with van der Waals surface area (Å²) in [7, 11) is 1.46. The highest BCUT2D eigenvalue weighted by atomic mass is 16.5. The number of esters is 1. The molecule has 1 fully saturated rings. The third kappa shape index (κ3) is 2.71. The van der Waals surface area contributed by atoms with Crippen LogP contribution in [0.15, 0.2) is 0 Å². The maximum absolute atomic E-state index is 11.4.